The summed E-state index contributed by atoms with van der Waals surface area (Å²) >= 11 is 0. The molecule has 172 valence electrons. The lowest BCUT2D eigenvalue weighted by molar-refractivity contribution is 0.0523. The number of aryl methyl sites for hydroxylation is 1. The number of para-hydroxylation sites is 1. The molecule has 0 unspecified atom stereocenters. The Balaban J connectivity index is 1.58. The van der Waals surface area contributed by atoms with Crippen molar-refractivity contribution in [2.75, 3.05) is 0 Å². The number of nitrogens with one attached hydrogen (secondary N) is 1. The Hall–Kier alpha value is -3.41. The summed E-state index contributed by atoms with van der Waals surface area (Å²) in [5.74, 6) is 1.10. The quantitative estimate of drug-likeness (QED) is 0.380. The van der Waals surface area contributed by atoms with Crippen LogP contribution in [-0.2, 0) is 24.2 Å². The van der Waals surface area contributed by atoms with Gasteiger partial charge in [-0.1, -0.05) is 55.8 Å². The molecule has 2 heterocycles. The molecular weight excluding hydrogens is 412 g/mol. The third-order valence-electron chi connectivity index (χ3n) is 5.51. The smallest absolute Gasteiger partial charge is 0.407 e. The molecule has 0 saturated carbocycles. The first kappa shape index (κ1) is 22.8. The van der Waals surface area contributed by atoms with E-state index in [1.54, 1.807) is 0 Å². The second-order valence-electron chi connectivity index (χ2n) is 9.40. The van der Waals surface area contributed by atoms with Crippen molar-refractivity contribution in [2.45, 2.75) is 65.6 Å². The Morgan fingerprint density at radius 2 is 1.76 bits per heavy atom. The largest absolute Gasteiger partial charge is 0.444 e. The first-order chi connectivity index (χ1) is 15.8. The van der Waals surface area contributed by atoms with Gasteiger partial charge in [-0.25, -0.2) is 9.78 Å². The molecule has 2 aromatic heterocycles. The topological polar surface area (TPSA) is 69.0 Å². The number of ether oxygens (including phenoxy) is 1. The number of carbonyl (C=O) groups is 1. The van der Waals surface area contributed by atoms with Crippen LogP contribution in [0.5, 0.6) is 0 Å². The van der Waals surface area contributed by atoms with Crippen molar-refractivity contribution in [1.29, 1.82) is 0 Å². The van der Waals surface area contributed by atoms with Crippen molar-refractivity contribution in [3.8, 4) is 0 Å². The van der Waals surface area contributed by atoms with Crippen LogP contribution in [0.3, 0.4) is 0 Å². The van der Waals surface area contributed by atoms with E-state index in [1.165, 1.54) is 5.56 Å². The molecule has 0 aliphatic rings. The van der Waals surface area contributed by atoms with E-state index in [0.29, 0.717) is 6.54 Å². The first-order valence-corrected chi connectivity index (χ1v) is 11.6. The lowest BCUT2D eigenvalue weighted by atomic mass is 10.1. The molecule has 1 N–H and O–H groups in total. The van der Waals surface area contributed by atoms with Gasteiger partial charge in [0, 0.05) is 24.9 Å². The number of rotatable bonds is 7. The van der Waals surface area contributed by atoms with E-state index >= 15 is 0 Å². The number of unbranched alkanes of at least 4 members (excludes halogenated alkanes) is 1. The minimum Gasteiger partial charge on any atom is -0.444 e. The van der Waals surface area contributed by atoms with Crippen LogP contribution in [-0.4, -0.2) is 26.2 Å². The van der Waals surface area contributed by atoms with E-state index in [0.717, 1.165) is 59.1 Å². The zero-order valence-corrected chi connectivity index (χ0v) is 19.9. The van der Waals surface area contributed by atoms with E-state index in [2.05, 4.69) is 58.2 Å². The molecule has 6 heteroatoms. The molecule has 1 amide bonds. The molecule has 33 heavy (non-hydrogen) atoms. The summed E-state index contributed by atoms with van der Waals surface area (Å²) in [6.07, 6.45) is 4.65. The fourth-order valence-corrected chi connectivity index (χ4v) is 3.94. The first-order valence-electron chi connectivity index (χ1n) is 11.6. The zero-order chi connectivity index (χ0) is 23.4. The summed E-state index contributed by atoms with van der Waals surface area (Å²) in [6.45, 7) is 8.94. The number of fused-ring (bicyclic) bond motifs is 3. The van der Waals surface area contributed by atoms with E-state index < -0.39 is 11.7 Å². The number of amides is 1. The second kappa shape index (κ2) is 9.61. The highest BCUT2D eigenvalue weighted by Crippen LogP contribution is 2.26. The summed E-state index contributed by atoms with van der Waals surface area (Å²) in [5.41, 5.74) is 4.78. The van der Waals surface area contributed by atoms with Crippen LogP contribution in [0.4, 0.5) is 4.79 Å². The van der Waals surface area contributed by atoms with Crippen LogP contribution in [0.25, 0.3) is 21.9 Å². The minimum atomic E-state index is -0.503. The van der Waals surface area contributed by atoms with Gasteiger partial charge in [-0.2, -0.15) is 0 Å². The number of hydrogen-bond acceptors (Lipinski definition) is 4. The van der Waals surface area contributed by atoms with Crippen molar-refractivity contribution in [3.05, 3.63) is 71.7 Å². The van der Waals surface area contributed by atoms with Crippen LogP contribution < -0.4 is 5.32 Å². The van der Waals surface area contributed by atoms with Crippen LogP contribution in [0, 0.1) is 0 Å². The molecule has 0 bridgehead atoms. The molecule has 6 nitrogen and oxygen atoms in total. The van der Waals surface area contributed by atoms with E-state index in [4.69, 9.17) is 9.72 Å². The monoisotopic (exact) mass is 444 g/mol. The van der Waals surface area contributed by atoms with Crippen molar-refractivity contribution >= 4 is 28.0 Å². The highest BCUT2D eigenvalue weighted by molar-refractivity contribution is 6.02. The number of alkyl carbamates (subject to hydrolysis) is 1. The molecule has 4 rings (SSSR count). The molecule has 0 aliphatic carbocycles. The van der Waals surface area contributed by atoms with Gasteiger partial charge in [-0.15, -0.1) is 0 Å². The number of benzene rings is 2. The lowest BCUT2D eigenvalue weighted by Gasteiger charge is -2.19. The molecule has 0 fully saturated rings. The van der Waals surface area contributed by atoms with Gasteiger partial charge >= 0.3 is 6.09 Å². The minimum absolute atomic E-state index is 0.405. The molecule has 4 aromatic rings. The van der Waals surface area contributed by atoms with Gasteiger partial charge in [0.15, 0.2) is 0 Å². The Labute approximate surface area is 195 Å². The number of aromatic nitrogens is 3. The van der Waals surface area contributed by atoms with Gasteiger partial charge in [0.05, 0.1) is 17.2 Å². The number of nitrogens with zero attached hydrogens (tertiary/aromatic N) is 3. The number of imidazole rings is 1. The lowest BCUT2D eigenvalue weighted by Crippen LogP contribution is -2.32. The third-order valence-corrected chi connectivity index (χ3v) is 5.51. The molecular formula is C27H32N4O2. The van der Waals surface area contributed by atoms with E-state index in [9.17, 15) is 4.79 Å². The van der Waals surface area contributed by atoms with Gasteiger partial charge in [0.25, 0.3) is 0 Å². The number of hydrogen-bond donors (Lipinski definition) is 1. The highest BCUT2D eigenvalue weighted by atomic mass is 16.6. The summed E-state index contributed by atoms with van der Waals surface area (Å²) in [7, 11) is 0. The van der Waals surface area contributed by atoms with Crippen LogP contribution in [0.2, 0.25) is 0 Å². The number of carbonyl (C=O) groups excluding carboxylic acids is 1. The normalized spacial score (nSPS) is 11.8. The maximum atomic E-state index is 11.9. The SMILES string of the molecule is CCCCc1nc2cnc3ccccc3c2n1Cc1ccc(CNC(=O)OC(C)(C)C)cc1. The summed E-state index contributed by atoms with van der Waals surface area (Å²) < 4.78 is 7.65. The van der Waals surface area contributed by atoms with Crippen LogP contribution >= 0.6 is 0 Å². The van der Waals surface area contributed by atoms with Gasteiger partial charge in [-0.3, -0.25) is 4.98 Å². The Morgan fingerprint density at radius 1 is 1.03 bits per heavy atom. The molecule has 0 spiro atoms. The van der Waals surface area contributed by atoms with Gasteiger partial charge < -0.3 is 14.6 Å². The summed E-state index contributed by atoms with van der Waals surface area (Å²) in [5, 5.41) is 3.94. The second-order valence-corrected chi connectivity index (χ2v) is 9.40. The summed E-state index contributed by atoms with van der Waals surface area (Å²) in [6, 6.07) is 16.6. The highest BCUT2D eigenvalue weighted by Gasteiger charge is 2.16. The van der Waals surface area contributed by atoms with Crippen molar-refractivity contribution in [1.82, 2.24) is 19.9 Å². The molecule has 2 aromatic carbocycles. The molecule has 0 radical (unpaired) electrons. The van der Waals surface area contributed by atoms with Crippen molar-refractivity contribution in [2.24, 2.45) is 0 Å². The summed E-state index contributed by atoms with van der Waals surface area (Å²) in [4.78, 5) is 21.4. The molecule has 0 aliphatic heterocycles. The Kier molecular flexibility index (Phi) is 6.63. The van der Waals surface area contributed by atoms with E-state index in [1.807, 2.05) is 39.1 Å². The van der Waals surface area contributed by atoms with Gasteiger partial charge in [0.1, 0.15) is 16.9 Å². The Morgan fingerprint density at radius 3 is 2.48 bits per heavy atom. The average molecular weight is 445 g/mol. The van der Waals surface area contributed by atoms with Crippen molar-refractivity contribution in [3.63, 3.8) is 0 Å². The fraction of sp³-hybridized carbons (Fsp3) is 0.370. The van der Waals surface area contributed by atoms with Crippen molar-refractivity contribution < 1.29 is 9.53 Å². The number of pyridine rings is 1. The maximum Gasteiger partial charge on any atom is 0.407 e. The Bertz CT molecular complexity index is 1250. The fourth-order valence-electron chi connectivity index (χ4n) is 3.94. The van der Waals surface area contributed by atoms with Crippen LogP contribution in [0.15, 0.2) is 54.7 Å². The molecule has 0 atom stereocenters. The average Bonchev–Trinajstić information content (AvgIpc) is 3.13. The predicted octanol–water partition coefficient (Wildman–Crippen LogP) is 6.00. The van der Waals surface area contributed by atoms with E-state index in [-0.39, 0.29) is 0 Å². The van der Waals surface area contributed by atoms with Gasteiger partial charge in [0.2, 0.25) is 0 Å². The van der Waals surface area contributed by atoms with Gasteiger partial charge in [-0.05, 0) is 44.4 Å². The van der Waals surface area contributed by atoms with Crippen LogP contribution in [0.1, 0.15) is 57.5 Å². The maximum absolute atomic E-state index is 11.9. The predicted molar refractivity (Wildman–Crippen MR) is 132 cm³/mol. The third kappa shape index (κ3) is 5.51. The zero-order valence-electron chi connectivity index (χ0n) is 19.9. The standard InChI is InChI=1S/C27H32N4O2/c1-5-6-11-24-30-23-17-28-22-10-8-7-9-21(22)25(23)31(24)18-20-14-12-19(13-15-20)16-29-26(32)33-27(2,3)4/h7-10,12-15,17H,5-6,11,16,18H2,1-4H3,(H,29,32). The molecule has 0 saturated heterocycles.